The van der Waals surface area contributed by atoms with E-state index in [4.69, 9.17) is 0 Å². The Kier molecular flexibility index (Phi) is 6.54. The van der Waals surface area contributed by atoms with E-state index in [1.165, 1.54) is 57.9 Å². The zero-order valence-electron chi connectivity index (χ0n) is 12.5. The van der Waals surface area contributed by atoms with E-state index in [0.717, 1.165) is 5.92 Å². The number of rotatable bonds is 8. The van der Waals surface area contributed by atoms with E-state index in [9.17, 15) is 0 Å². The normalized spacial score (nSPS) is 18.2. The fourth-order valence-corrected chi connectivity index (χ4v) is 3.17. The topological polar surface area (TPSA) is 12.0 Å². The molecule has 0 saturated heterocycles. The van der Waals surface area contributed by atoms with Gasteiger partial charge in [-0.3, -0.25) is 0 Å². The van der Waals surface area contributed by atoms with Gasteiger partial charge in [-0.15, -0.1) is 0 Å². The van der Waals surface area contributed by atoms with Crippen molar-refractivity contribution in [3.63, 3.8) is 0 Å². The lowest BCUT2D eigenvalue weighted by Gasteiger charge is -2.34. The largest absolute Gasteiger partial charge is 0.314 e. The second-order valence-corrected chi connectivity index (χ2v) is 6.43. The van der Waals surface area contributed by atoms with Crippen LogP contribution in [0.4, 0.5) is 0 Å². The highest BCUT2D eigenvalue weighted by molar-refractivity contribution is 4.82. The minimum absolute atomic E-state index is 0.562. The molecule has 1 fully saturated rings. The predicted molar refractivity (Wildman–Crippen MR) is 77.3 cm³/mol. The van der Waals surface area contributed by atoms with Crippen LogP contribution < -0.4 is 5.32 Å². The molecule has 0 aromatic rings. The van der Waals surface area contributed by atoms with Gasteiger partial charge in [-0.1, -0.05) is 53.4 Å². The summed E-state index contributed by atoms with van der Waals surface area (Å²) in [5.74, 6) is 1.05. The van der Waals surface area contributed by atoms with Crippen molar-refractivity contribution < 1.29 is 0 Å². The van der Waals surface area contributed by atoms with E-state index in [1.54, 1.807) is 0 Å². The molecule has 0 heterocycles. The van der Waals surface area contributed by atoms with E-state index in [0.29, 0.717) is 11.5 Å². The molecule has 1 rings (SSSR count). The summed E-state index contributed by atoms with van der Waals surface area (Å²) in [7, 11) is 0. The van der Waals surface area contributed by atoms with Crippen molar-refractivity contribution in [2.24, 2.45) is 11.3 Å². The molecule has 0 aromatic heterocycles. The van der Waals surface area contributed by atoms with Crippen molar-refractivity contribution in [2.45, 2.75) is 85.1 Å². The first-order chi connectivity index (χ1) is 8.12. The van der Waals surface area contributed by atoms with Gasteiger partial charge < -0.3 is 5.32 Å². The van der Waals surface area contributed by atoms with E-state index in [1.807, 2.05) is 0 Å². The zero-order chi connectivity index (χ0) is 12.7. The van der Waals surface area contributed by atoms with Crippen LogP contribution in [-0.2, 0) is 0 Å². The lowest BCUT2D eigenvalue weighted by Crippen LogP contribution is -2.37. The van der Waals surface area contributed by atoms with Crippen LogP contribution in [-0.4, -0.2) is 12.6 Å². The van der Waals surface area contributed by atoms with E-state index >= 15 is 0 Å². The highest BCUT2D eigenvalue weighted by atomic mass is 14.9. The second kappa shape index (κ2) is 7.41. The molecule has 0 spiro atoms. The molecular formula is C16H33N. The standard InChI is InChI=1S/C16H33N/c1-5-16(6-2,13-17-14(3)4)12-11-15-9-7-8-10-15/h14-15,17H,5-13H2,1-4H3. The average Bonchev–Trinajstić information content (AvgIpc) is 2.83. The van der Waals surface area contributed by atoms with Crippen LogP contribution in [0.15, 0.2) is 0 Å². The molecule has 102 valence electrons. The monoisotopic (exact) mass is 239 g/mol. The van der Waals surface area contributed by atoms with Crippen molar-refractivity contribution in [1.82, 2.24) is 5.32 Å². The van der Waals surface area contributed by atoms with Crippen molar-refractivity contribution >= 4 is 0 Å². The smallest absolute Gasteiger partial charge is 0.00106 e. The summed E-state index contributed by atoms with van der Waals surface area (Å²) in [6, 6.07) is 0.624. The lowest BCUT2D eigenvalue weighted by atomic mass is 9.76. The Bertz CT molecular complexity index is 188. The Morgan fingerprint density at radius 1 is 1.12 bits per heavy atom. The summed E-state index contributed by atoms with van der Waals surface area (Å²) in [5, 5.41) is 3.66. The maximum absolute atomic E-state index is 3.66. The maximum atomic E-state index is 3.66. The molecule has 0 bridgehead atoms. The predicted octanol–water partition coefficient (Wildman–Crippen LogP) is 4.76. The van der Waals surface area contributed by atoms with Crippen LogP contribution in [0.3, 0.4) is 0 Å². The summed E-state index contributed by atoms with van der Waals surface area (Å²) in [4.78, 5) is 0. The molecule has 1 aliphatic carbocycles. The SMILES string of the molecule is CCC(CC)(CCC1CCCC1)CNC(C)C. The molecule has 0 aromatic carbocycles. The van der Waals surface area contributed by atoms with Gasteiger partial charge in [0.15, 0.2) is 0 Å². The summed E-state index contributed by atoms with van der Waals surface area (Å²) in [5.41, 5.74) is 0.562. The van der Waals surface area contributed by atoms with Gasteiger partial charge >= 0.3 is 0 Å². The van der Waals surface area contributed by atoms with Crippen LogP contribution in [0.25, 0.3) is 0 Å². The van der Waals surface area contributed by atoms with Gasteiger partial charge in [-0.2, -0.15) is 0 Å². The Labute approximate surface area is 109 Å². The fraction of sp³-hybridized carbons (Fsp3) is 1.00. The summed E-state index contributed by atoms with van der Waals surface area (Å²) >= 11 is 0. The zero-order valence-corrected chi connectivity index (χ0v) is 12.5. The quantitative estimate of drug-likeness (QED) is 0.644. The molecule has 1 N–H and O–H groups in total. The van der Waals surface area contributed by atoms with Gasteiger partial charge in [0.25, 0.3) is 0 Å². The molecule has 1 saturated carbocycles. The van der Waals surface area contributed by atoms with Gasteiger partial charge in [0, 0.05) is 12.6 Å². The van der Waals surface area contributed by atoms with Gasteiger partial charge in [0.05, 0.1) is 0 Å². The first-order valence-corrected chi connectivity index (χ1v) is 7.85. The summed E-state index contributed by atoms with van der Waals surface area (Å²) in [6.07, 6.45) is 11.5. The highest BCUT2D eigenvalue weighted by Gasteiger charge is 2.27. The second-order valence-electron chi connectivity index (χ2n) is 6.43. The van der Waals surface area contributed by atoms with Gasteiger partial charge in [0.2, 0.25) is 0 Å². The van der Waals surface area contributed by atoms with Crippen molar-refractivity contribution in [1.29, 1.82) is 0 Å². The number of hydrogen-bond donors (Lipinski definition) is 1. The Hall–Kier alpha value is -0.0400. The maximum Gasteiger partial charge on any atom is 0.00106 e. The van der Waals surface area contributed by atoms with Crippen LogP contribution in [0.2, 0.25) is 0 Å². The van der Waals surface area contributed by atoms with Crippen molar-refractivity contribution in [3.8, 4) is 0 Å². The van der Waals surface area contributed by atoms with Gasteiger partial charge in [0.1, 0.15) is 0 Å². The minimum Gasteiger partial charge on any atom is -0.314 e. The molecule has 1 heteroatoms. The first kappa shape index (κ1) is 15.0. The van der Waals surface area contributed by atoms with Crippen LogP contribution in [0.5, 0.6) is 0 Å². The third-order valence-electron chi connectivity index (χ3n) is 4.94. The highest BCUT2D eigenvalue weighted by Crippen LogP contribution is 2.37. The van der Waals surface area contributed by atoms with E-state index in [-0.39, 0.29) is 0 Å². The molecule has 0 unspecified atom stereocenters. The summed E-state index contributed by atoms with van der Waals surface area (Å²) in [6.45, 7) is 10.5. The summed E-state index contributed by atoms with van der Waals surface area (Å²) < 4.78 is 0. The molecule has 1 aliphatic rings. The van der Waals surface area contributed by atoms with Crippen molar-refractivity contribution in [2.75, 3.05) is 6.54 Å². The van der Waals surface area contributed by atoms with E-state index < -0.39 is 0 Å². The number of hydrogen-bond acceptors (Lipinski definition) is 1. The van der Waals surface area contributed by atoms with Crippen molar-refractivity contribution in [3.05, 3.63) is 0 Å². The average molecular weight is 239 g/mol. The Morgan fingerprint density at radius 3 is 2.18 bits per heavy atom. The first-order valence-electron chi connectivity index (χ1n) is 7.85. The van der Waals surface area contributed by atoms with Crippen LogP contribution in [0.1, 0.15) is 79.1 Å². The van der Waals surface area contributed by atoms with Crippen LogP contribution >= 0.6 is 0 Å². The molecule has 0 aliphatic heterocycles. The molecule has 0 amide bonds. The third-order valence-corrected chi connectivity index (χ3v) is 4.94. The van der Waals surface area contributed by atoms with Crippen LogP contribution in [0, 0.1) is 11.3 Å². The molecule has 0 atom stereocenters. The van der Waals surface area contributed by atoms with Gasteiger partial charge in [-0.25, -0.2) is 0 Å². The van der Waals surface area contributed by atoms with E-state index in [2.05, 4.69) is 33.0 Å². The fourth-order valence-electron chi connectivity index (χ4n) is 3.17. The molecule has 0 radical (unpaired) electrons. The molecule has 17 heavy (non-hydrogen) atoms. The molecular weight excluding hydrogens is 206 g/mol. The number of nitrogens with one attached hydrogen (secondary N) is 1. The Morgan fingerprint density at radius 2 is 1.71 bits per heavy atom. The lowest BCUT2D eigenvalue weighted by molar-refractivity contribution is 0.202. The third kappa shape index (κ3) is 4.99. The Balaban J connectivity index is 2.38. The molecule has 1 nitrogen and oxygen atoms in total. The minimum atomic E-state index is 0.562. The van der Waals surface area contributed by atoms with Gasteiger partial charge in [-0.05, 0) is 37.0 Å².